The van der Waals surface area contributed by atoms with E-state index in [1.54, 1.807) is 24.3 Å². The second-order valence-electron chi connectivity index (χ2n) is 2.76. The molecule has 0 saturated carbocycles. The molecular formula is C9H13NO2. The third-order valence-corrected chi connectivity index (χ3v) is 1.68. The number of nitrogens with two attached hydrogens (primary N) is 1. The second-order valence-corrected chi connectivity index (χ2v) is 2.76. The van der Waals surface area contributed by atoms with Gasteiger partial charge in [-0.05, 0) is 24.1 Å². The van der Waals surface area contributed by atoms with Gasteiger partial charge >= 0.3 is 0 Å². The Bertz CT molecular complexity index is 233. The highest BCUT2D eigenvalue weighted by Crippen LogP contribution is 2.10. The van der Waals surface area contributed by atoms with Gasteiger partial charge < -0.3 is 15.9 Å². The third-order valence-electron chi connectivity index (χ3n) is 1.68. The van der Waals surface area contributed by atoms with Crippen molar-refractivity contribution in [2.24, 2.45) is 5.73 Å². The van der Waals surface area contributed by atoms with Crippen LogP contribution in [-0.2, 0) is 6.42 Å². The molecule has 66 valence electrons. The molecule has 0 amide bonds. The summed E-state index contributed by atoms with van der Waals surface area (Å²) in [4.78, 5) is 0. The van der Waals surface area contributed by atoms with E-state index in [0.29, 0.717) is 6.42 Å². The molecule has 1 aromatic carbocycles. The summed E-state index contributed by atoms with van der Waals surface area (Å²) in [5, 5.41) is 18.2. The topological polar surface area (TPSA) is 66.5 Å². The molecule has 0 aromatic heterocycles. The Labute approximate surface area is 71.5 Å². The average Bonchev–Trinajstić information content (AvgIpc) is 2.09. The maximum Gasteiger partial charge on any atom is 0.115 e. The lowest BCUT2D eigenvalue weighted by Gasteiger charge is -2.06. The molecule has 0 saturated heterocycles. The van der Waals surface area contributed by atoms with E-state index in [1.807, 2.05) is 0 Å². The fraction of sp³-hybridized carbons (Fsp3) is 0.333. The normalized spacial score (nSPS) is 12.8. The summed E-state index contributed by atoms with van der Waals surface area (Å²) in [7, 11) is 0. The van der Waals surface area contributed by atoms with Gasteiger partial charge in [-0.1, -0.05) is 12.1 Å². The van der Waals surface area contributed by atoms with Crippen LogP contribution in [0.25, 0.3) is 0 Å². The number of aromatic hydroxyl groups is 1. The lowest BCUT2D eigenvalue weighted by atomic mass is 10.1. The number of hydrogen-bond acceptors (Lipinski definition) is 3. The van der Waals surface area contributed by atoms with Crippen LogP contribution in [0.5, 0.6) is 5.75 Å². The molecule has 0 unspecified atom stereocenters. The summed E-state index contributed by atoms with van der Waals surface area (Å²) in [6.45, 7) is 0.265. The largest absolute Gasteiger partial charge is 0.508 e. The Morgan fingerprint density at radius 1 is 1.25 bits per heavy atom. The molecule has 0 heterocycles. The maximum atomic E-state index is 9.19. The molecule has 0 radical (unpaired) electrons. The standard InChI is InChI=1S/C9H13NO2/c10-6-9(12)5-7-1-3-8(11)4-2-7/h1-4,9,11-12H,5-6,10H2/t9-/m0/s1. The molecule has 3 heteroatoms. The highest BCUT2D eigenvalue weighted by atomic mass is 16.3. The van der Waals surface area contributed by atoms with Crippen molar-refractivity contribution in [3.8, 4) is 5.75 Å². The zero-order valence-electron chi connectivity index (χ0n) is 6.77. The van der Waals surface area contributed by atoms with Crippen molar-refractivity contribution in [1.82, 2.24) is 0 Å². The quantitative estimate of drug-likeness (QED) is 0.604. The number of phenols is 1. The zero-order valence-corrected chi connectivity index (χ0v) is 6.77. The van der Waals surface area contributed by atoms with Crippen molar-refractivity contribution in [2.45, 2.75) is 12.5 Å². The van der Waals surface area contributed by atoms with Gasteiger partial charge in [-0.25, -0.2) is 0 Å². The van der Waals surface area contributed by atoms with Crippen molar-refractivity contribution in [3.63, 3.8) is 0 Å². The van der Waals surface area contributed by atoms with E-state index in [1.165, 1.54) is 0 Å². The van der Waals surface area contributed by atoms with E-state index in [4.69, 9.17) is 10.8 Å². The number of phenolic OH excluding ortho intramolecular Hbond substituents is 1. The number of benzene rings is 1. The van der Waals surface area contributed by atoms with Crippen molar-refractivity contribution in [1.29, 1.82) is 0 Å². The van der Waals surface area contributed by atoms with Crippen LogP contribution in [0.1, 0.15) is 5.56 Å². The van der Waals surface area contributed by atoms with Crippen LogP contribution in [0, 0.1) is 0 Å². The van der Waals surface area contributed by atoms with Gasteiger partial charge in [0.25, 0.3) is 0 Å². The first-order chi connectivity index (χ1) is 5.72. The van der Waals surface area contributed by atoms with E-state index in [0.717, 1.165) is 5.56 Å². The van der Waals surface area contributed by atoms with Gasteiger partial charge in [-0.3, -0.25) is 0 Å². The van der Waals surface area contributed by atoms with Crippen LogP contribution in [0.2, 0.25) is 0 Å². The molecule has 0 aliphatic carbocycles. The molecular weight excluding hydrogens is 154 g/mol. The Morgan fingerprint density at radius 3 is 2.33 bits per heavy atom. The summed E-state index contributed by atoms with van der Waals surface area (Å²) < 4.78 is 0. The highest BCUT2D eigenvalue weighted by Gasteiger charge is 2.01. The predicted molar refractivity (Wildman–Crippen MR) is 46.9 cm³/mol. The molecule has 1 aromatic rings. The summed E-state index contributed by atoms with van der Waals surface area (Å²) in [6.07, 6.45) is 0.0473. The Balaban J connectivity index is 2.58. The Hall–Kier alpha value is -1.06. The van der Waals surface area contributed by atoms with E-state index in [9.17, 15) is 5.11 Å². The van der Waals surface area contributed by atoms with Gasteiger partial charge in [0.15, 0.2) is 0 Å². The van der Waals surface area contributed by atoms with Crippen LogP contribution in [0.3, 0.4) is 0 Å². The number of aliphatic hydroxyl groups is 1. The molecule has 0 spiro atoms. The van der Waals surface area contributed by atoms with Crippen molar-refractivity contribution < 1.29 is 10.2 Å². The molecule has 3 nitrogen and oxygen atoms in total. The fourth-order valence-electron chi connectivity index (χ4n) is 0.987. The minimum absolute atomic E-state index is 0.237. The first-order valence-electron chi connectivity index (χ1n) is 3.88. The third kappa shape index (κ3) is 2.53. The number of hydrogen-bond donors (Lipinski definition) is 3. The molecule has 0 fully saturated rings. The first kappa shape index (κ1) is 9.03. The number of rotatable bonds is 3. The first-order valence-corrected chi connectivity index (χ1v) is 3.88. The van der Waals surface area contributed by atoms with Crippen molar-refractivity contribution in [2.75, 3.05) is 6.54 Å². The Morgan fingerprint density at radius 2 is 1.83 bits per heavy atom. The molecule has 0 aliphatic heterocycles. The van der Waals surface area contributed by atoms with Gasteiger partial charge in [0.1, 0.15) is 5.75 Å². The zero-order chi connectivity index (χ0) is 8.97. The monoisotopic (exact) mass is 167 g/mol. The molecule has 1 rings (SSSR count). The van der Waals surface area contributed by atoms with E-state index in [-0.39, 0.29) is 12.3 Å². The lowest BCUT2D eigenvalue weighted by molar-refractivity contribution is 0.183. The summed E-state index contributed by atoms with van der Waals surface area (Å²) in [6, 6.07) is 6.74. The SMILES string of the molecule is NC[C@@H](O)Cc1ccc(O)cc1. The maximum absolute atomic E-state index is 9.19. The van der Waals surface area contributed by atoms with Crippen molar-refractivity contribution >= 4 is 0 Å². The summed E-state index contributed by atoms with van der Waals surface area (Å²) in [5.74, 6) is 0.237. The van der Waals surface area contributed by atoms with Crippen LogP contribution in [0.15, 0.2) is 24.3 Å². The van der Waals surface area contributed by atoms with E-state index in [2.05, 4.69) is 0 Å². The molecule has 0 bridgehead atoms. The van der Waals surface area contributed by atoms with E-state index < -0.39 is 6.10 Å². The summed E-state index contributed by atoms with van der Waals surface area (Å²) in [5.41, 5.74) is 6.23. The van der Waals surface area contributed by atoms with Crippen LogP contribution in [-0.4, -0.2) is 22.9 Å². The van der Waals surface area contributed by atoms with E-state index >= 15 is 0 Å². The summed E-state index contributed by atoms with van der Waals surface area (Å²) >= 11 is 0. The van der Waals surface area contributed by atoms with Gasteiger partial charge in [0.2, 0.25) is 0 Å². The van der Waals surface area contributed by atoms with Crippen molar-refractivity contribution in [3.05, 3.63) is 29.8 Å². The van der Waals surface area contributed by atoms with Gasteiger partial charge in [0, 0.05) is 6.54 Å². The van der Waals surface area contributed by atoms with Crippen LogP contribution in [0.4, 0.5) is 0 Å². The lowest BCUT2D eigenvalue weighted by Crippen LogP contribution is -2.21. The van der Waals surface area contributed by atoms with Gasteiger partial charge in [-0.15, -0.1) is 0 Å². The predicted octanol–water partition coefficient (Wildman–Crippen LogP) is 0.254. The molecule has 4 N–H and O–H groups in total. The fourth-order valence-corrected chi connectivity index (χ4v) is 0.987. The molecule has 1 atom stereocenters. The minimum atomic E-state index is -0.491. The Kier molecular flexibility index (Phi) is 3.08. The van der Waals surface area contributed by atoms with Crippen LogP contribution >= 0.6 is 0 Å². The average molecular weight is 167 g/mol. The smallest absolute Gasteiger partial charge is 0.115 e. The second kappa shape index (κ2) is 4.09. The molecule has 0 aliphatic rings. The number of aliphatic hydroxyl groups excluding tert-OH is 1. The van der Waals surface area contributed by atoms with Gasteiger partial charge in [0.05, 0.1) is 6.10 Å². The highest BCUT2D eigenvalue weighted by molar-refractivity contribution is 5.26. The minimum Gasteiger partial charge on any atom is -0.508 e. The molecule has 12 heavy (non-hydrogen) atoms. The van der Waals surface area contributed by atoms with Gasteiger partial charge in [-0.2, -0.15) is 0 Å². The van der Waals surface area contributed by atoms with Crippen LogP contribution < -0.4 is 5.73 Å².